The minimum atomic E-state index is 0.601. The molecule has 1 aliphatic rings. The van der Waals surface area contributed by atoms with E-state index in [9.17, 15) is 0 Å². The molecule has 0 saturated carbocycles. The Morgan fingerprint density at radius 3 is 1.98 bits per heavy atom. The van der Waals surface area contributed by atoms with Crippen LogP contribution in [0.2, 0.25) is 0 Å². The third-order valence-electron chi connectivity index (χ3n) is 10.7. The van der Waals surface area contributed by atoms with Crippen molar-refractivity contribution in [3.8, 4) is 28.3 Å². The highest BCUT2D eigenvalue weighted by Gasteiger charge is 2.27. The molecule has 7 aromatic carbocycles. The number of para-hydroxylation sites is 5. The summed E-state index contributed by atoms with van der Waals surface area (Å²) in [6, 6.07) is 61.8. The summed E-state index contributed by atoms with van der Waals surface area (Å²) >= 11 is 0. The number of fused-ring (bicyclic) bond motifs is 7. The summed E-state index contributed by atoms with van der Waals surface area (Å²) in [5.74, 6) is 1.38. The van der Waals surface area contributed by atoms with E-state index < -0.39 is 0 Å². The van der Waals surface area contributed by atoms with E-state index in [1.165, 1.54) is 10.8 Å². The number of hydrogen-bond donors (Lipinski definition) is 0. The van der Waals surface area contributed by atoms with E-state index in [2.05, 4.69) is 161 Å². The second kappa shape index (κ2) is 12.6. The maximum atomic E-state index is 7.02. The van der Waals surface area contributed by atoms with E-state index in [0.29, 0.717) is 17.7 Å². The van der Waals surface area contributed by atoms with Gasteiger partial charge in [-0.3, -0.25) is 0 Å². The molecule has 5 nitrogen and oxygen atoms in total. The smallest absolute Gasteiger partial charge is 0.227 e. The average Bonchev–Trinajstić information content (AvgIpc) is 3.90. The maximum absolute atomic E-state index is 7.02. The predicted octanol–water partition coefficient (Wildman–Crippen LogP) is 11.5. The van der Waals surface area contributed by atoms with Crippen LogP contribution in [-0.4, -0.2) is 9.55 Å². The predicted molar refractivity (Wildman–Crippen MR) is 224 cm³/mol. The Morgan fingerprint density at radius 1 is 0.527 bits per heavy atom. The van der Waals surface area contributed by atoms with E-state index in [0.717, 1.165) is 78.1 Å². The van der Waals surface area contributed by atoms with Crippen LogP contribution >= 0.6 is 0 Å². The zero-order valence-electron chi connectivity index (χ0n) is 29.8. The molecular formula is C50H33N3O2. The lowest BCUT2D eigenvalue weighted by Crippen LogP contribution is -2.21. The highest BCUT2D eigenvalue weighted by atomic mass is 16.4. The SMILES string of the molecule is C1=c2nc(-c3ccccc3)oc2=Cc2oc3c(N(c4ccccc4-c4ccccc4)c4cccc5c6ccccc6n(-c6ccccc6)c45)cccc3c2C1. The molecule has 0 unspecified atom stereocenters. The fourth-order valence-corrected chi connectivity index (χ4v) is 8.24. The van der Waals surface area contributed by atoms with Gasteiger partial charge in [0.15, 0.2) is 11.0 Å². The molecule has 0 aliphatic heterocycles. The normalized spacial score (nSPS) is 12.2. The lowest BCUT2D eigenvalue weighted by molar-refractivity contribution is 0.536. The summed E-state index contributed by atoms with van der Waals surface area (Å²) in [6.07, 6.45) is 4.82. The van der Waals surface area contributed by atoms with E-state index in [1.54, 1.807) is 0 Å². The molecule has 11 rings (SSSR count). The van der Waals surface area contributed by atoms with E-state index >= 15 is 0 Å². The summed E-state index contributed by atoms with van der Waals surface area (Å²) in [7, 11) is 0. The Morgan fingerprint density at radius 2 is 1.16 bits per heavy atom. The molecule has 0 N–H and O–H groups in total. The number of oxazole rings is 1. The number of aromatic nitrogens is 2. The first-order chi connectivity index (χ1) is 27.3. The number of anilines is 3. The summed E-state index contributed by atoms with van der Waals surface area (Å²) in [6.45, 7) is 0. The standard InChI is InChI=1S/C50H33N3O2/c1-4-16-33(17-5-1)36-22-10-12-26-42(36)53(44-28-14-24-39-37-23-11-13-27-43(37)52(48(39)44)35-20-8-3-9-21-35)45-29-15-25-40-38-30-31-41-47(32-46(38)54-49(40)45)55-50(51-41)34-18-6-2-7-19-34/h1-29,31-32H,30H2. The minimum Gasteiger partial charge on any atom is -0.454 e. The van der Waals surface area contributed by atoms with Gasteiger partial charge in [-0.2, -0.15) is 0 Å². The van der Waals surface area contributed by atoms with Crippen molar-refractivity contribution in [2.45, 2.75) is 6.42 Å². The van der Waals surface area contributed by atoms with Crippen molar-refractivity contribution in [1.29, 1.82) is 0 Å². The second-order valence-electron chi connectivity index (χ2n) is 13.9. The van der Waals surface area contributed by atoms with Gasteiger partial charge in [-0.1, -0.05) is 133 Å². The molecule has 3 heterocycles. The van der Waals surface area contributed by atoms with Crippen LogP contribution in [0.4, 0.5) is 17.1 Å². The van der Waals surface area contributed by atoms with Crippen LogP contribution in [0.15, 0.2) is 185 Å². The van der Waals surface area contributed by atoms with Gasteiger partial charge >= 0.3 is 0 Å². The van der Waals surface area contributed by atoms with Gasteiger partial charge in [0.1, 0.15) is 11.1 Å². The van der Waals surface area contributed by atoms with Crippen molar-refractivity contribution in [1.82, 2.24) is 9.55 Å². The molecule has 0 atom stereocenters. The highest BCUT2D eigenvalue weighted by molar-refractivity contribution is 6.15. The van der Waals surface area contributed by atoms with Crippen LogP contribution in [0.3, 0.4) is 0 Å². The Labute approximate surface area is 317 Å². The third-order valence-corrected chi connectivity index (χ3v) is 10.7. The van der Waals surface area contributed by atoms with Crippen LogP contribution in [0.1, 0.15) is 11.3 Å². The van der Waals surface area contributed by atoms with Gasteiger partial charge in [0.2, 0.25) is 5.89 Å². The van der Waals surface area contributed by atoms with E-state index in [1.807, 2.05) is 36.4 Å². The lowest BCUT2D eigenvalue weighted by Gasteiger charge is -2.29. The van der Waals surface area contributed by atoms with Gasteiger partial charge in [0, 0.05) is 44.6 Å². The minimum absolute atomic E-state index is 0.601. The van der Waals surface area contributed by atoms with Gasteiger partial charge in [-0.15, -0.1) is 0 Å². The van der Waals surface area contributed by atoms with Crippen LogP contribution < -0.4 is 15.7 Å². The van der Waals surface area contributed by atoms with Gasteiger partial charge in [-0.05, 0) is 60.5 Å². The monoisotopic (exact) mass is 707 g/mol. The molecule has 0 radical (unpaired) electrons. The van der Waals surface area contributed by atoms with Crippen LogP contribution in [0, 0.1) is 0 Å². The van der Waals surface area contributed by atoms with Gasteiger partial charge < -0.3 is 18.3 Å². The second-order valence-corrected chi connectivity index (χ2v) is 13.9. The van der Waals surface area contributed by atoms with Gasteiger partial charge in [0.25, 0.3) is 0 Å². The highest BCUT2D eigenvalue weighted by Crippen LogP contribution is 2.48. The molecular weight excluding hydrogens is 675 g/mol. The molecule has 0 fully saturated rings. The molecule has 55 heavy (non-hydrogen) atoms. The molecule has 0 amide bonds. The van der Waals surface area contributed by atoms with Crippen LogP contribution in [0.25, 0.3) is 73.2 Å². The van der Waals surface area contributed by atoms with Crippen LogP contribution in [0.5, 0.6) is 0 Å². The largest absolute Gasteiger partial charge is 0.454 e. The molecule has 10 aromatic rings. The van der Waals surface area contributed by atoms with E-state index in [4.69, 9.17) is 13.8 Å². The molecule has 3 aromatic heterocycles. The fourth-order valence-electron chi connectivity index (χ4n) is 8.24. The number of nitrogens with zero attached hydrogens (tertiary/aromatic N) is 3. The first-order valence-electron chi connectivity index (χ1n) is 18.6. The number of rotatable bonds is 6. The summed E-state index contributed by atoms with van der Waals surface area (Å²) in [5, 5.41) is 4.27. The van der Waals surface area contributed by atoms with Crippen molar-refractivity contribution in [3.05, 3.63) is 198 Å². The number of hydrogen-bond acceptors (Lipinski definition) is 4. The third kappa shape index (κ3) is 5.05. The first kappa shape index (κ1) is 31.2. The van der Waals surface area contributed by atoms with Crippen molar-refractivity contribution in [2.75, 3.05) is 4.90 Å². The molecule has 0 saturated heterocycles. The fraction of sp³-hybridized carbons (Fsp3) is 0.0200. The summed E-state index contributed by atoms with van der Waals surface area (Å²) < 4.78 is 15.8. The number of furan rings is 1. The van der Waals surface area contributed by atoms with Crippen molar-refractivity contribution in [3.63, 3.8) is 0 Å². The quantitative estimate of drug-likeness (QED) is 0.173. The topological polar surface area (TPSA) is 47.3 Å². The molecule has 5 heteroatoms. The summed E-state index contributed by atoms with van der Waals surface area (Å²) in [4.78, 5) is 7.26. The molecule has 260 valence electrons. The maximum Gasteiger partial charge on any atom is 0.227 e. The Kier molecular flexibility index (Phi) is 7.17. The van der Waals surface area contributed by atoms with E-state index in [-0.39, 0.29) is 0 Å². The zero-order chi connectivity index (χ0) is 36.3. The first-order valence-corrected chi connectivity index (χ1v) is 18.6. The Balaban J connectivity index is 1.20. The summed E-state index contributed by atoms with van der Waals surface area (Å²) in [5.41, 5.74) is 12.2. The molecule has 0 bridgehead atoms. The average molecular weight is 708 g/mol. The van der Waals surface area contributed by atoms with Crippen molar-refractivity contribution >= 4 is 62.0 Å². The van der Waals surface area contributed by atoms with Gasteiger partial charge in [-0.25, -0.2) is 4.98 Å². The van der Waals surface area contributed by atoms with Crippen molar-refractivity contribution < 1.29 is 8.83 Å². The van der Waals surface area contributed by atoms with Crippen molar-refractivity contribution in [2.24, 2.45) is 0 Å². The van der Waals surface area contributed by atoms with Gasteiger partial charge in [0.05, 0.1) is 28.1 Å². The Bertz CT molecular complexity index is 3180. The lowest BCUT2D eigenvalue weighted by atomic mass is 10.0. The number of benzene rings is 7. The molecule has 1 aliphatic carbocycles. The van der Waals surface area contributed by atoms with Crippen LogP contribution in [-0.2, 0) is 6.42 Å². The zero-order valence-corrected chi connectivity index (χ0v) is 29.8. The molecule has 0 spiro atoms. The Hall–Kier alpha value is -7.37.